The summed E-state index contributed by atoms with van der Waals surface area (Å²) in [5.41, 5.74) is 2.06. The molecule has 3 heterocycles. The zero-order valence-corrected chi connectivity index (χ0v) is 7.73. The number of pyridine rings is 1. The quantitative estimate of drug-likeness (QED) is 0.690. The van der Waals surface area contributed by atoms with Gasteiger partial charge >= 0.3 is 0 Å². The number of nitrogens with one attached hydrogen (secondary N) is 1. The third kappa shape index (κ3) is 1.13. The molecule has 1 N–H and O–H groups in total. The standard InChI is InChI=1S/C10H7N3O2/c14-10-8-3-11-5-9-7(4-13-15-9)6(8)1-2-12-10/h1-4H,5H2,(H,12,14). The monoisotopic (exact) mass is 201 g/mol. The van der Waals surface area contributed by atoms with Crippen LogP contribution in [0.5, 0.6) is 0 Å². The zero-order chi connectivity index (χ0) is 10.3. The molecule has 1 aliphatic rings. The summed E-state index contributed by atoms with van der Waals surface area (Å²) in [5.74, 6) is 0.690. The Bertz CT molecular complexity index is 595. The Kier molecular flexibility index (Phi) is 1.58. The molecule has 5 nitrogen and oxygen atoms in total. The van der Waals surface area contributed by atoms with E-state index in [4.69, 9.17) is 4.52 Å². The highest BCUT2D eigenvalue weighted by Crippen LogP contribution is 2.26. The lowest BCUT2D eigenvalue weighted by Gasteiger charge is -1.99. The molecule has 2 aromatic rings. The van der Waals surface area contributed by atoms with E-state index >= 15 is 0 Å². The van der Waals surface area contributed by atoms with Crippen molar-refractivity contribution in [1.29, 1.82) is 0 Å². The van der Waals surface area contributed by atoms with Crippen molar-refractivity contribution in [1.82, 2.24) is 10.1 Å². The highest BCUT2D eigenvalue weighted by atomic mass is 16.5. The first-order valence-electron chi connectivity index (χ1n) is 4.52. The second-order valence-electron chi connectivity index (χ2n) is 3.27. The molecule has 5 heteroatoms. The van der Waals surface area contributed by atoms with E-state index in [-0.39, 0.29) is 5.56 Å². The summed E-state index contributed by atoms with van der Waals surface area (Å²) in [6.45, 7) is 0.420. The van der Waals surface area contributed by atoms with Crippen molar-refractivity contribution in [2.45, 2.75) is 6.54 Å². The number of aromatic amines is 1. The minimum absolute atomic E-state index is 0.148. The molecular formula is C10H7N3O2. The van der Waals surface area contributed by atoms with Crippen molar-refractivity contribution in [3.05, 3.63) is 40.1 Å². The molecule has 0 aromatic carbocycles. The number of nitrogens with zero attached hydrogens (tertiary/aromatic N) is 2. The van der Waals surface area contributed by atoms with E-state index in [1.54, 1.807) is 18.6 Å². The Labute approximate surface area is 84.5 Å². The van der Waals surface area contributed by atoms with Crippen molar-refractivity contribution in [3.63, 3.8) is 0 Å². The normalized spacial score (nSPS) is 13.1. The van der Waals surface area contributed by atoms with Crippen LogP contribution in [0.15, 0.2) is 32.8 Å². The average Bonchev–Trinajstić information content (AvgIpc) is 2.62. The number of aliphatic imine (C=N–C) groups is 1. The fourth-order valence-corrected chi connectivity index (χ4v) is 1.67. The fourth-order valence-electron chi connectivity index (χ4n) is 1.67. The number of hydrogen-bond acceptors (Lipinski definition) is 4. The van der Waals surface area contributed by atoms with Gasteiger partial charge in [0.2, 0.25) is 0 Å². The van der Waals surface area contributed by atoms with Crippen molar-refractivity contribution in [2.24, 2.45) is 4.99 Å². The molecule has 0 bridgehead atoms. The van der Waals surface area contributed by atoms with Gasteiger partial charge in [-0.15, -0.1) is 0 Å². The smallest absolute Gasteiger partial charge is 0.257 e. The van der Waals surface area contributed by atoms with Crippen LogP contribution in [-0.2, 0) is 6.54 Å². The van der Waals surface area contributed by atoms with E-state index in [1.807, 2.05) is 6.07 Å². The maximum absolute atomic E-state index is 11.6. The highest BCUT2D eigenvalue weighted by Gasteiger charge is 2.17. The topological polar surface area (TPSA) is 71.2 Å². The van der Waals surface area contributed by atoms with Crippen LogP contribution < -0.4 is 5.56 Å². The molecule has 0 fully saturated rings. The van der Waals surface area contributed by atoms with Gasteiger partial charge in [-0.3, -0.25) is 9.79 Å². The van der Waals surface area contributed by atoms with E-state index in [1.165, 1.54) is 0 Å². The van der Waals surface area contributed by atoms with Gasteiger partial charge in [0, 0.05) is 23.5 Å². The molecule has 1 aliphatic heterocycles. The predicted molar refractivity (Wildman–Crippen MR) is 53.9 cm³/mol. The number of H-pyrrole nitrogens is 1. The summed E-state index contributed by atoms with van der Waals surface area (Å²) in [6.07, 6.45) is 4.79. The SMILES string of the molecule is O=c1[nH]ccc2c1C=NCc1oncc1-2. The first kappa shape index (κ1) is 8.16. The highest BCUT2D eigenvalue weighted by molar-refractivity contribution is 5.91. The van der Waals surface area contributed by atoms with Crippen LogP contribution in [0.2, 0.25) is 0 Å². The van der Waals surface area contributed by atoms with E-state index < -0.39 is 0 Å². The van der Waals surface area contributed by atoms with Gasteiger partial charge in [0.05, 0.1) is 11.8 Å². The molecule has 0 radical (unpaired) electrons. The van der Waals surface area contributed by atoms with Crippen LogP contribution in [0.3, 0.4) is 0 Å². The molecule has 15 heavy (non-hydrogen) atoms. The third-order valence-electron chi connectivity index (χ3n) is 2.39. The lowest BCUT2D eigenvalue weighted by atomic mass is 10.0. The summed E-state index contributed by atoms with van der Waals surface area (Å²) in [7, 11) is 0. The summed E-state index contributed by atoms with van der Waals surface area (Å²) in [6, 6.07) is 1.82. The zero-order valence-electron chi connectivity index (χ0n) is 7.73. The van der Waals surface area contributed by atoms with Crippen LogP contribution in [0.4, 0.5) is 0 Å². The van der Waals surface area contributed by atoms with Gasteiger partial charge in [0.15, 0.2) is 5.76 Å². The Hall–Kier alpha value is -2.17. The molecule has 0 spiro atoms. The van der Waals surface area contributed by atoms with Gasteiger partial charge in [-0.1, -0.05) is 5.16 Å². The van der Waals surface area contributed by atoms with Gasteiger partial charge in [0.25, 0.3) is 5.56 Å². The molecule has 0 unspecified atom stereocenters. The molecule has 2 aromatic heterocycles. The minimum Gasteiger partial charge on any atom is -0.359 e. The Morgan fingerprint density at radius 3 is 3.27 bits per heavy atom. The van der Waals surface area contributed by atoms with Crippen LogP contribution in [0.1, 0.15) is 11.3 Å². The van der Waals surface area contributed by atoms with Crippen molar-refractivity contribution in [3.8, 4) is 11.1 Å². The molecule has 0 atom stereocenters. The molecule has 0 saturated carbocycles. The first-order chi connectivity index (χ1) is 7.36. The van der Waals surface area contributed by atoms with Crippen LogP contribution in [0, 0.1) is 0 Å². The maximum Gasteiger partial charge on any atom is 0.257 e. The van der Waals surface area contributed by atoms with E-state index in [2.05, 4.69) is 15.1 Å². The fraction of sp³-hybridized carbons (Fsp3) is 0.100. The van der Waals surface area contributed by atoms with Gasteiger partial charge in [-0.25, -0.2) is 0 Å². The summed E-state index contributed by atoms with van der Waals surface area (Å²) in [4.78, 5) is 18.3. The van der Waals surface area contributed by atoms with E-state index in [0.717, 1.165) is 11.1 Å². The lowest BCUT2D eigenvalue weighted by Crippen LogP contribution is -2.12. The third-order valence-corrected chi connectivity index (χ3v) is 2.39. The minimum atomic E-state index is -0.148. The van der Waals surface area contributed by atoms with Gasteiger partial charge in [-0.2, -0.15) is 0 Å². The Morgan fingerprint density at radius 2 is 2.33 bits per heavy atom. The van der Waals surface area contributed by atoms with Crippen molar-refractivity contribution >= 4 is 6.21 Å². The van der Waals surface area contributed by atoms with Gasteiger partial charge in [-0.05, 0) is 6.07 Å². The van der Waals surface area contributed by atoms with Crippen LogP contribution in [0.25, 0.3) is 11.1 Å². The Balaban J connectivity index is 2.41. The first-order valence-corrected chi connectivity index (χ1v) is 4.52. The summed E-state index contributed by atoms with van der Waals surface area (Å²) < 4.78 is 5.06. The van der Waals surface area contributed by atoms with Crippen LogP contribution >= 0.6 is 0 Å². The molecular weight excluding hydrogens is 194 g/mol. The molecule has 3 rings (SSSR count). The molecule has 0 saturated heterocycles. The number of aromatic nitrogens is 2. The van der Waals surface area contributed by atoms with E-state index in [0.29, 0.717) is 17.9 Å². The van der Waals surface area contributed by atoms with Crippen molar-refractivity contribution < 1.29 is 4.52 Å². The van der Waals surface area contributed by atoms with Crippen molar-refractivity contribution in [2.75, 3.05) is 0 Å². The second kappa shape index (κ2) is 2.91. The number of rotatable bonds is 0. The maximum atomic E-state index is 11.6. The largest absolute Gasteiger partial charge is 0.359 e. The molecule has 74 valence electrons. The van der Waals surface area contributed by atoms with Gasteiger partial charge < -0.3 is 9.51 Å². The van der Waals surface area contributed by atoms with Gasteiger partial charge in [0.1, 0.15) is 6.54 Å². The summed E-state index contributed by atoms with van der Waals surface area (Å²) >= 11 is 0. The molecule has 0 amide bonds. The average molecular weight is 201 g/mol. The lowest BCUT2D eigenvalue weighted by molar-refractivity contribution is 0.386. The predicted octanol–water partition coefficient (Wildman–Crippen LogP) is 0.962. The summed E-state index contributed by atoms with van der Waals surface area (Å²) in [5, 5.41) is 3.71. The van der Waals surface area contributed by atoms with E-state index in [9.17, 15) is 4.79 Å². The Morgan fingerprint density at radius 1 is 1.40 bits per heavy atom. The molecule has 0 aliphatic carbocycles. The number of hydrogen-bond donors (Lipinski definition) is 1. The van der Waals surface area contributed by atoms with Crippen LogP contribution in [-0.4, -0.2) is 16.4 Å². The number of fused-ring (bicyclic) bond motifs is 3. The second-order valence-corrected chi connectivity index (χ2v) is 3.27.